The Morgan fingerprint density at radius 3 is 2.59 bits per heavy atom. The number of unbranched alkanes of at least 4 members (excludes halogenated alkanes) is 1. The molecule has 17 heavy (non-hydrogen) atoms. The highest BCUT2D eigenvalue weighted by atomic mass is 16.2. The fourth-order valence-electron chi connectivity index (χ4n) is 1.41. The molecule has 0 radical (unpaired) electrons. The van der Waals surface area contributed by atoms with Crippen molar-refractivity contribution < 1.29 is 4.79 Å². The van der Waals surface area contributed by atoms with Crippen LogP contribution in [0.1, 0.15) is 44.2 Å². The van der Waals surface area contributed by atoms with Gasteiger partial charge in [0.25, 0.3) is 0 Å². The van der Waals surface area contributed by atoms with Crippen LogP contribution in [0.5, 0.6) is 0 Å². The summed E-state index contributed by atoms with van der Waals surface area (Å²) in [5, 5.41) is 3.93. The molecule has 92 valence electrons. The Morgan fingerprint density at radius 2 is 2.00 bits per heavy atom. The van der Waals surface area contributed by atoms with Crippen LogP contribution in [0.3, 0.4) is 0 Å². The molecule has 1 aromatic carbocycles. The Balaban J connectivity index is 2.39. The number of aryl methyl sites for hydroxylation is 1. The lowest BCUT2D eigenvalue weighted by Gasteiger charge is -1.99. The van der Waals surface area contributed by atoms with Crippen molar-refractivity contribution in [2.24, 2.45) is 5.10 Å². The first-order chi connectivity index (χ1) is 8.26. The third kappa shape index (κ3) is 5.29. The SMILES string of the molecule is CCCCC(=O)NN=Cc1ccc(CC)cc1. The van der Waals surface area contributed by atoms with Gasteiger partial charge in [-0.1, -0.05) is 44.5 Å². The topological polar surface area (TPSA) is 41.5 Å². The Bertz CT molecular complexity index is 368. The number of rotatable bonds is 6. The van der Waals surface area contributed by atoms with E-state index < -0.39 is 0 Å². The van der Waals surface area contributed by atoms with Crippen LogP contribution < -0.4 is 5.43 Å². The molecule has 0 heterocycles. The van der Waals surface area contributed by atoms with Gasteiger partial charge in [-0.05, 0) is 24.0 Å². The van der Waals surface area contributed by atoms with E-state index in [-0.39, 0.29) is 5.91 Å². The van der Waals surface area contributed by atoms with Crippen molar-refractivity contribution in [2.75, 3.05) is 0 Å². The van der Waals surface area contributed by atoms with Gasteiger partial charge in [0.05, 0.1) is 6.21 Å². The van der Waals surface area contributed by atoms with E-state index in [9.17, 15) is 4.79 Å². The van der Waals surface area contributed by atoms with Crippen LogP contribution in [0.2, 0.25) is 0 Å². The Labute approximate surface area is 103 Å². The lowest BCUT2D eigenvalue weighted by Crippen LogP contribution is -2.16. The summed E-state index contributed by atoms with van der Waals surface area (Å²) in [6.45, 7) is 4.18. The molecule has 0 spiro atoms. The predicted octanol–water partition coefficient (Wildman–Crippen LogP) is 2.89. The molecule has 3 heteroatoms. The average molecular weight is 232 g/mol. The van der Waals surface area contributed by atoms with Gasteiger partial charge in [0.2, 0.25) is 5.91 Å². The lowest BCUT2D eigenvalue weighted by molar-refractivity contribution is -0.121. The number of carbonyl (C=O) groups excluding carboxylic acids is 1. The van der Waals surface area contributed by atoms with E-state index in [0.29, 0.717) is 6.42 Å². The lowest BCUT2D eigenvalue weighted by atomic mass is 10.1. The predicted molar refractivity (Wildman–Crippen MR) is 71.1 cm³/mol. The van der Waals surface area contributed by atoms with Gasteiger partial charge < -0.3 is 0 Å². The van der Waals surface area contributed by atoms with Crippen molar-refractivity contribution in [2.45, 2.75) is 39.5 Å². The average Bonchev–Trinajstić information content (AvgIpc) is 2.37. The van der Waals surface area contributed by atoms with E-state index in [1.54, 1.807) is 6.21 Å². The van der Waals surface area contributed by atoms with E-state index in [2.05, 4.69) is 36.5 Å². The molecule has 0 aliphatic rings. The molecule has 0 atom stereocenters. The van der Waals surface area contributed by atoms with Gasteiger partial charge in [-0.25, -0.2) is 5.43 Å². The summed E-state index contributed by atoms with van der Waals surface area (Å²) in [5.74, 6) is -0.0201. The van der Waals surface area contributed by atoms with E-state index in [1.807, 2.05) is 12.1 Å². The van der Waals surface area contributed by atoms with Crippen molar-refractivity contribution in [3.05, 3.63) is 35.4 Å². The number of hydrazone groups is 1. The minimum absolute atomic E-state index is 0.0201. The fourth-order valence-corrected chi connectivity index (χ4v) is 1.41. The number of hydrogen-bond acceptors (Lipinski definition) is 2. The van der Waals surface area contributed by atoms with Gasteiger partial charge in [-0.15, -0.1) is 0 Å². The maximum Gasteiger partial charge on any atom is 0.240 e. The third-order valence-electron chi connectivity index (χ3n) is 2.55. The summed E-state index contributed by atoms with van der Waals surface area (Å²) in [4.78, 5) is 11.3. The van der Waals surface area contributed by atoms with E-state index >= 15 is 0 Å². The number of carbonyl (C=O) groups is 1. The molecule has 0 bridgehead atoms. The Hall–Kier alpha value is -1.64. The molecule has 3 nitrogen and oxygen atoms in total. The number of nitrogens with zero attached hydrogens (tertiary/aromatic N) is 1. The second-order valence-electron chi connectivity index (χ2n) is 3.99. The zero-order chi connectivity index (χ0) is 12.5. The van der Waals surface area contributed by atoms with Crippen LogP contribution in [0.4, 0.5) is 0 Å². The van der Waals surface area contributed by atoms with Crippen LogP contribution in [0.15, 0.2) is 29.4 Å². The molecule has 0 saturated heterocycles. The van der Waals surface area contributed by atoms with Crippen molar-refractivity contribution in [1.29, 1.82) is 0 Å². The number of benzene rings is 1. The van der Waals surface area contributed by atoms with Crippen molar-refractivity contribution in [1.82, 2.24) is 5.43 Å². The molecular formula is C14H20N2O. The summed E-state index contributed by atoms with van der Waals surface area (Å²) in [6, 6.07) is 8.14. The first-order valence-electron chi connectivity index (χ1n) is 6.17. The summed E-state index contributed by atoms with van der Waals surface area (Å²) in [5.41, 5.74) is 4.82. The molecule has 0 aliphatic heterocycles. The minimum atomic E-state index is -0.0201. The highest BCUT2D eigenvalue weighted by Gasteiger charge is 1.96. The molecule has 1 N–H and O–H groups in total. The van der Waals surface area contributed by atoms with Gasteiger partial charge in [0.15, 0.2) is 0 Å². The first-order valence-corrected chi connectivity index (χ1v) is 6.17. The van der Waals surface area contributed by atoms with Gasteiger partial charge in [-0.3, -0.25) is 4.79 Å². The van der Waals surface area contributed by atoms with E-state index in [0.717, 1.165) is 24.8 Å². The largest absolute Gasteiger partial charge is 0.273 e. The van der Waals surface area contributed by atoms with Crippen LogP contribution in [0, 0.1) is 0 Å². The zero-order valence-corrected chi connectivity index (χ0v) is 10.6. The van der Waals surface area contributed by atoms with Crippen molar-refractivity contribution in [3.63, 3.8) is 0 Å². The molecule has 1 amide bonds. The first kappa shape index (κ1) is 13.4. The standard InChI is InChI=1S/C14H20N2O/c1-3-5-6-14(17)16-15-11-13-9-7-12(4-2)8-10-13/h7-11H,3-6H2,1-2H3,(H,16,17). The highest BCUT2D eigenvalue weighted by Crippen LogP contribution is 2.02. The highest BCUT2D eigenvalue weighted by molar-refractivity contribution is 5.82. The Kier molecular flexibility index (Phi) is 6.00. The van der Waals surface area contributed by atoms with Crippen molar-refractivity contribution >= 4 is 12.1 Å². The smallest absolute Gasteiger partial charge is 0.240 e. The normalized spacial score (nSPS) is 10.7. The summed E-state index contributed by atoms with van der Waals surface area (Å²) < 4.78 is 0. The van der Waals surface area contributed by atoms with Gasteiger partial charge >= 0.3 is 0 Å². The van der Waals surface area contributed by atoms with Crippen molar-refractivity contribution in [3.8, 4) is 0 Å². The van der Waals surface area contributed by atoms with Gasteiger partial charge in [-0.2, -0.15) is 5.10 Å². The van der Waals surface area contributed by atoms with E-state index in [1.165, 1.54) is 5.56 Å². The molecular weight excluding hydrogens is 212 g/mol. The van der Waals surface area contributed by atoms with Gasteiger partial charge in [0.1, 0.15) is 0 Å². The quantitative estimate of drug-likeness (QED) is 0.594. The van der Waals surface area contributed by atoms with Crippen LogP contribution in [-0.4, -0.2) is 12.1 Å². The second-order valence-corrected chi connectivity index (χ2v) is 3.99. The summed E-state index contributed by atoms with van der Waals surface area (Å²) in [6.07, 6.45) is 5.18. The molecule has 0 unspecified atom stereocenters. The van der Waals surface area contributed by atoms with Crippen LogP contribution >= 0.6 is 0 Å². The molecule has 0 fully saturated rings. The zero-order valence-electron chi connectivity index (χ0n) is 10.6. The minimum Gasteiger partial charge on any atom is -0.273 e. The number of amides is 1. The Morgan fingerprint density at radius 1 is 1.29 bits per heavy atom. The monoisotopic (exact) mass is 232 g/mol. The molecule has 0 aromatic heterocycles. The summed E-state index contributed by atoms with van der Waals surface area (Å²) >= 11 is 0. The molecule has 1 rings (SSSR count). The summed E-state index contributed by atoms with van der Waals surface area (Å²) in [7, 11) is 0. The maximum absolute atomic E-state index is 11.3. The third-order valence-corrected chi connectivity index (χ3v) is 2.55. The number of nitrogens with one attached hydrogen (secondary N) is 1. The molecule has 0 aliphatic carbocycles. The number of hydrogen-bond donors (Lipinski definition) is 1. The molecule has 1 aromatic rings. The second kappa shape index (κ2) is 7.60. The van der Waals surface area contributed by atoms with E-state index in [4.69, 9.17) is 0 Å². The maximum atomic E-state index is 11.3. The van der Waals surface area contributed by atoms with Crippen LogP contribution in [0.25, 0.3) is 0 Å². The van der Waals surface area contributed by atoms with Crippen LogP contribution in [-0.2, 0) is 11.2 Å². The molecule has 0 saturated carbocycles. The fraction of sp³-hybridized carbons (Fsp3) is 0.429. The van der Waals surface area contributed by atoms with Gasteiger partial charge in [0, 0.05) is 6.42 Å².